The largest absolute Gasteiger partial charge is 0.464 e. The molecule has 152 valence electrons. The first-order chi connectivity index (χ1) is 11.8. The summed E-state index contributed by atoms with van der Waals surface area (Å²) in [6.07, 6.45) is 0.740. The Labute approximate surface area is 157 Å². The summed E-state index contributed by atoms with van der Waals surface area (Å²) in [5.74, 6) is -0.923. The minimum Gasteiger partial charge on any atom is -0.464 e. The zero-order chi connectivity index (χ0) is 20.5. The SMILES string of the molecule is CCCOC(=O)NC(C(=O)NC(C(=O)OCCC)C(C)(C)C)C(C)(C)C. The van der Waals surface area contributed by atoms with Crippen LogP contribution in [-0.2, 0) is 19.1 Å². The molecule has 0 aromatic heterocycles. The lowest BCUT2D eigenvalue weighted by atomic mass is 9.83. The minimum atomic E-state index is -0.851. The molecule has 7 heteroatoms. The zero-order valence-electron chi connectivity index (χ0n) is 17.5. The van der Waals surface area contributed by atoms with Crippen molar-refractivity contribution in [1.29, 1.82) is 0 Å². The maximum absolute atomic E-state index is 12.8. The monoisotopic (exact) mass is 372 g/mol. The molecule has 2 amide bonds. The molecule has 26 heavy (non-hydrogen) atoms. The highest BCUT2D eigenvalue weighted by molar-refractivity contribution is 5.90. The standard InChI is InChI=1S/C19H36N2O5/c1-9-11-25-16(23)14(19(6,7)8)20-15(22)13(18(3,4)5)21-17(24)26-12-10-2/h13-14H,9-12H2,1-8H3,(H,20,22)(H,21,24). The number of nitrogens with one attached hydrogen (secondary N) is 2. The Bertz CT molecular complexity index is 477. The number of rotatable bonds is 8. The summed E-state index contributed by atoms with van der Waals surface area (Å²) in [6.45, 7) is 15.4. The van der Waals surface area contributed by atoms with Gasteiger partial charge in [0.1, 0.15) is 12.1 Å². The van der Waals surface area contributed by atoms with Crippen molar-refractivity contribution in [2.24, 2.45) is 10.8 Å². The fraction of sp³-hybridized carbons (Fsp3) is 0.842. The van der Waals surface area contributed by atoms with E-state index in [-0.39, 0.29) is 6.61 Å². The van der Waals surface area contributed by atoms with Crippen LogP contribution in [0, 0.1) is 10.8 Å². The van der Waals surface area contributed by atoms with Gasteiger partial charge >= 0.3 is 12.1 Å². The molecule has 0 bridgehead atoms. The molecule has 0 aliphatic carbocycles. The lowest BCUT2D eigenvalue weighted by Gasteiger charge is -2.34. The molecule has 0 fully saturated rings. The van der Waals surface area contributed by atoms with Crippen molar-refractivity contribution in [2.75, 3.05) is 13.2 Å². The van der Waals surface area contributed by atoms with Crippen LogP contribution in [0.1, 0.15) is 68.2 Å². The molecule has 0 saturated heterocycles. The van der Waals surface area contributed by atoms with Crippen molar-refractivity contribution in [3.63, 3.8) is 0 Å². The van der Waals surface area contributed by atoms with Crippen LogP contribution in [0.4, 0.5) is 4.79 Å². The highest BCUT2D eigenvalue weighted by Crippen LogP contribution is 2.23. The first kappa shape index (κ1) is 24.2. The van der Waals surface area contributed by atoms with Crippen LogP contribution in [-0.4, -0.2) is 43.3 Å². The Kier molecular flexibility index (Phi) is 9.67. The van der Waals surface area contributed by atoms with E-state index in [1.54, 1.807) is 0 Å². The molecular weight excluding hydrogens is 336 g/mol. The highest BCUT2D eigenvalue weighted by atomic mass is 16.5. The summed E-state index contributed by atoms with van der Waals surface area (Å²) < 4.78 is 10.2. The van der Waals surface area contributed by atoms with Crippen molar-refractivity contribution in [3.05, 3.63) is 0 Å². The number of alkyl carbamates (subject to hydrolysis) is 1. The van der Waals surface area contributed by atoms with Gasteiger partial charge in [0.05, 0.1) is 13.2 Å². The van der Waals surface area contributed by atoms with Crippen LogP contribution >= 0.6 is 0 Å². The second kappa shape index (κ2) is 10.4. The molecule has 0 spiro atoms. The number of esters is 1. The van der Waals surface area contributed by atoms with Crippen LogP contribution in [0.25, 0.3) is 0 Å². The van der Waals surface area contributed by atoms with Crippen molar-refractivity contribution in [3.8, 4) is 0 Å². The molecule has 0 rings (SSSR count). The third kappa shape index (κ3) is 8.54. The van der Waals surface area contributed by atoms with E-state index in [1.807, 2.05) is 55.4 Å². The summed E-state index contributed by atoms with van der Waals surface area (Å²) in [6, 6.07) is -1.67. The predicted octanol–water partition coefficient (Wildman–Crippen LogP) is 3.02. The number of hydrogen-bond donors (Lipinski definition) is 2. The van der Waals surface area contributed by atoms with E-state index in [1.165, 1.54) is 0 Å². The molecule has 0 aromatic carbocycles. The topological polar surface area (TPSA) is 93.7 Å². The normalized spacial score (nSPS) is 14.2. The fourth-order valence-electron chi connectivity index (χ4n) is 2.17. The molecule has 0 aromatic rings. The Morgan fingerprint density at radius 2 is 1.23 bits per heavy atom. The minimum absolute atomic E-state index is 0.276. The number of amides is 2. The molecule has 0 saturated carbocycles. The Morgan fingerprint density at radius 1 is 0.769 bits per heavy atom. The van der Waals surface area contributed by atoms with Gasteiger partial charge in [-0.3, -0.25) is 4.79 Å². The van der Waals surface area contributed by atoms with Gasteiger partial charge in [-0.2, -0.15) is 0 Å². The van der Waals surface area contributed by atoms with Crippen LogP contribution in [0.2, 0.25) is 0 Å². The molecule has 0 aliphatic rings. The molecule has 2 atom stereocenters. The zero-order valence-corrected chi connectivity index (χ0v) is 17.5. The van der Waals surface area contributed by atoms with Crippen LogP contribution in [0.3, 0.4) is 0 Å². The molecular formula is C19H36N2O5. The van der Waals surface area contributed by atoms with Crippen LogP contribution < -0.4 is 10.6 Å². The second-order valence-electron chi connectivity index (χ2n) is 8.55. The van der Waals surface area contributed by atoms with Gasteiger partial charge in [-0.1, -0.05) is 55.4 Å². The van der Waals surface area contributed by atoms with E-state index in [2.05, 4.69) is 10.6 Å². The van der Waals surface area contributed by atoms with Gasteiger partial charge in [0, 0.05) is 0 Å². The Hall–Kier alpha value is -1.79. The molecule has 7 nitrogen and oxygen atoms in total. The van der Waals surface area contributed by atoms with E-state index in [4.69, 9.17) is 9.47 Å². The summed E-state index contributed by atoms with van der Waals surface area (Å²) >= 11 is 0. The van der Waals surface area contributed by atoms with Gasteiger partial charge in [0.15, 0.2) is 0 Å². The summed E-state index contributed by atoms with van der Waals surface area (Å²) in [7, 11) is 0. The van der Waals surface area contributed by atoms with E-state index in [0.29, 0.717) is 19.4 Å². The van der Waals surface area contributed by atoms with E-state index in [9.17, 15) is 14.4 Å². The van der Waals surface area contributed by atoms with Crippen LogP contribution in [0.5, 0.6) is 0 Å². The number of carbonyl (C=O) groups excluding carboxylic acids is 3. The van der Waals surface area contributed by atoms with E-state index >= 15 is 0 Å². The molecule has 0 radical (unpaired) electrons. The lowest BCUT2D eigenvalue weighted by Crippen LogP contribution is -2.59. The lowest BCUT2D eigenvalue weighted by molar-refractivity contribution is -0.151. The third-order valence-corrected chi connectivity index (χ3v) is 3.66. The maximum atomic E-state index is 12.8. The number of ether oxygens (including phenoxy) is 2. The van der Waals surface area contributed by atoms with Gasteiger partial charge in [-0.25, -0.2) is 9.59 Å². The van der Waals surface area contributed by atoms with Gasteiger partial charge in [0.25, 0.3) is 0 Å². The fourth-order valence-corrected chi connectivity index (χ4v) is 2.17. The summed E-state index contributed by atoms with van der Waals surface area (Å²) in [5.41, 5.74) is -1.10. The Morgan fingerprint density at radius 3 is 1.65 bits per heavy atom. The predicted molar refractivity (Wildman–Crippen MR) is 101 cm³/mol. The second-order valence-corrected chi connectivity index (χ2v) is 8.55. The molecule has 2 unspecified atom stereocenters. The van der Waals surface area contributed by atoms with Crippen molar-refractivity contribution >= 4 is 18.0 Å². The summed E-state index contributed by atoms with van der Waals surface area (Å²) in [5, 5.41) is 5.36. The number of hydrogen-bond acceptors (Lipinski definition) is 5. The van der Waals surface area contributed by atoms with Crippen LogP contribution in [0.15, 0.2) is 0 Å². The van der Waals surface area contributed by atoms with E-state index in [0.717, 1.165) is 0 Å². The Balaban J connectivity index is 5.28. The molecule has 2 N–H and O–H groups in total. The third-order valence-electron chi connectivity index (χ3n) is 3.66. The summed E-state index contributed by atoms with van der Waals surface area (Å²) in [4.78, 5) is 37.1. The molecule has 0 heterocycles. The average Bonchev–Trinajstić information content (AvgIpc) is 2.50. The number of carbonyl (C=O) groups is 3. The smallest absolute Gasteiger partial charge is 0.407 e. The van der Waals surface area contributed by atoms with Gasteiger partial charge in [0.2, 0.25) is 5.91 Å². The van der Waals surface area contributed by atoms with Gasteiger partial charge in [-0.05, 0) is 23.7 Å². The first-order valence-corrected chi connectivity index (χ1v) is 9.24. The van der Waals surface area contributed by atoms with Crippen molar-refractivity contribution in [1.82, 2.24) is 10.6 Å². The first-order valence-electron chi connectivity index (χ1n) is 9.24. The van der Waals surface area contributed by atoms with Crippen molar-refractivity contribution < 1.29 is 23.9 Å². The van der Waals surface area contributed by atoms with Gasteiger partial charge < -0.3 is 20.1 Å². The maximum Gasteiger partial charge on any atom is 0.407 e. The molecule has 0 aliphatic heterocycles. The average molecular weight is 373 g/mol. The van der Waals surface area contributed by atoms with E-state index < -0.39 is 40.9 Å². The van der Waals surface area contributed by atoms with Gasteiger partial charge in [-0.15, -0.1) is 0 Å². The quantitative estimate of drug-likeness (QED) is 0.639. The highest BCUT2D eigenvalue weighted by Gasteiger charge is 2.39. The van der Waals surface area contributed by atoms with Crippen molar-refractivity contribution in [2.45, 2.75) is 80.3 Å².